The number of rotatable bonds is 3. The van der Waals surface area contributed by atoms with Crippen LogP contribution in [0.15, 0.2) is 18.3 Å². The van der Waals surface area contributed by atoms with Gasteiger partial charge in [0.05, 0.1) is 10.7 Å². The van der Waals surface area contributed by atoms with Crippen molar-refractivity contribution < 1.29 is 0 Å². The molecular weight excluding hydrogens is 294 g/mol. The molecule has 0 unspecified atom stereocenters. The minimum Gasteiger partial charge on any atom is -0.344 e. The van der Waals surface area contributed by atoms with Crippen molar-refractivity contribution in [2.24, 2.45) is 0 Å². The lowest BCUT2D eigenvalue weighted by molar-refractivity contribution is 0.247. The standard InChI is InChI=1S/C13H16ClN5S/c1-10-16-17-13(20-10)19-6-4-18(5-7-19)9-12-3-2-11(14)8-15-12/h2-3,8H,4-7,9H2,1H3. The zero-order chi connectivity index (χ0) is 13.9. The fourth-order valence-electron chi connectivity index (χ4n) is 2.24. The fraction of sp³-hybridized carbons (Fsp3) is 0.462. The Morgan fingerprint density at radius 2 is 2.00 bits per heavy atom. The van der Waals surface area contributed by atoms with Crippen molar-refractivity contribution in [2.75, 3.05) is 31.1 Å². The highest BCUT2D eigenvalue weighted by molar-refractivity contribution is 7.15. The molecule has 0 bridgehead atoms. The van der Waals surface area contributed by atoms with Gasteiger partial charge in [0.2, 0.25) is 5.13 Å². The Kier molecular flexibility index (Phi) is 4.14. The molecule has 0 N–H and O–H groups in total. The SMILES string of the molecule is Cc1nnc(N2CCN(Cc3ccc(Cl)cn3)CC2)s1. The van der Waals surface area contributed by atoms with Crippen LogP contribution >= 0.6 is 22.9 Å². The highest BCUT2D eigenvalue weighted by Crippen LogP contribution is 2.21. The Morgan fingerprint density at radius 3 is 2.60 bits per heavy atom. The highest BCUT2D eigenvalue weighted by Gasteiger charge is 2.19. The summed E-state index contributed by atoms with van der Waals surface area (Å²) in [5.74, 6) is 0. The number of halogens is 1. The molecule has 3 rings (SSSR count). The van der Waals surface area contributed by atoms with Crippen LogP contribution in [-0.2, 0) is 6.54 Å². The molecule has 20 heavy (non-hydrogen) atoms. The third-order valence-electron chi connectivity index (χ3n) is 3.33. The smallest absolute Gasteiger partial charge is 0.208 e. The summed E-state index contributed by atoms with van der Waals surface area (Å²) in [6.45, 7) is 6.88. The number of pyridine rings is 1. The molecule has 1 aliphatic heterocycles. The van der Waals surface area contributed by atoms with Gasteiger partial charge in [-0.2, -0.15) is 0 Å². The van der Waals surface area contributed by atoms with E-state index in [1.165, 1.54) is 0 Å². The van der Waals surface area contributed by atoms with Crippen LogP contribution in [0, 0.1) is 6.92 Å². The molecule has 0 saturated carbocycles. The van der Waals surface area contributed by atoms with Gasteiger partial charge in [-0.05, 0) is 19.1 Å². The fourth-order valence-corrected chi connectivity index (χ4v) is 3.09. The van der Waals surface area contributed by atoms with Crippen LogP contribution in [0.5, 0.6) is 0 Å². The largest absolute Gasteiger partial charge is 0.344 e. The first-order valence-corrected chi connectivity index (χ1v) is 7.78. The van der Waals surface area contributed by atoms with Gasteiger partial charge in [-0.15, -0.1) is 10.2 Å². The molecule has 2 aromatic rings. The first-order valence-electron chi connectivity index (χ1n) is 6.58. The summed E-state index contributed by atoms with van der Waals surface area (Å²) in [4.78, 5) is 9.05. The highest BCUT2D eigenvalue weighted by atomic mass is 35.5. The van der Waals surface area contributed by atoms with Crippen molar-refractivity contribution in [3.05, 3.63) is 34.1 Å². The van der Waals surface area contributed by atoms with Gasteiger partial charge < -0.3 is 4.90 Å². The zero-order valence-corrected chi connectivity index (χ0v) is 12.9. The van der Waals surface area contributed by atoms with Gasteiger partial charge in [0.15, 0.2) is 0 Å². The van der Waals surface area contributed by atoms with E-state index in [2.05, 4.69) is 25.0 Å². The summed E-state index contributed by atoms with van der Waals surface area (Å²) >= 11 is 7.51. The van der Waals surface area contributed by atoms with Gasteiger partial charge >= 0.3 is 0 Å². The third-order valence-corrected chi connectivity index (χ3v) is 4.46. The maximum atomic E-state index is 5.85. The normalized spacial score (nSPS) is 16.6. The van der Waals surface area contributed by atoms with Crippen LogP contribution in [0.1, 0.15) is 10.7 Å². The predicted molar refractivity (Wildman–Crippen MR) is 81.4 cm³/mol. The van der Waals surface area contributed by atoms with E-state index >= 15 is 0 Å². The van der Waals surface area contributed by atoms with E-state index in [4.69, 9.17) is 11.6 Å². The average molecular weight is 310 g/mol. The van der Waals surface area contributed by atoms with Gasteiger partial charge in [-0.25, -0.2) is 0 Å². The van der Waals surface area contributed by atoms with Crippen LogP contribution in [0.2, 0.25) is 5.02 Å². The Labute approximate surface area is 127 Å². The quantitative estimate of drug-likeness (QED) is 0.870. The molecule has 0 amide bonds. The summed E-state index contributed by atoms with van der Waals surface area (Å²) < 4.78 is 0. The Balaban J connectivity index is 1.54. The second-order valence-corrected chi connectivity index (χ2v) is 6.43. The van der Waals surface area contributed by atoms with E-state index in [0.717, 1.165) is 48.6 Å². The van der Waals surface area contributed by atoms with Crippen molar-refractivity contribution in [3.63, 3.8) is 0 Å². The van der Waals surface area contributed by atoms with Crippen molar-refractivity contribution in [1.82, 2.24) is 20.1 Å². The minimum atomic E-state index is 0.685. The number of aryl methyl sites for hydroxylation is 1. The van der Waals surface area contributed by atoms with Gasteiger partial charge in [-0.1, -0.05) is 22.9 Å². The van der Waals surface area contributed by atoms with E-state index in [1.807, 2.05) is 19.1 Å². The second kappa shape index (κ2) is 6.03. The van der Waals surface area contributed by atoms with Gasteiger partial charge in [0, 0.05) is 38.9 Å². The molecule has 7 heteroatoms. The van der Waals surface area contributed by atoms with Crippen molar-refractivity contribution in [3.8, 4) is 0 Å². The predicted octanol–water partition coefficient (Wildman–Crippen LogP) is 2.22. The summed E-state index contributed by atoms with van der Waals surface area (Å²) in [6.07, 6.45) is 1.71. The van der Waals surface area contributed by atoms with Gasteiger partial charge in [0.1, 0.15) is 5.01 Å². The van der Waals surface area contributed by atoms with Crippen LogP contribution in [0.4, 0.5) is 5.13 Å². The Hall–Kier alpha value is -1.24. The van der Waals surface area contributed by atoms with E-state index in [1.54, 1.807) is 17.5 Å². The number of hydrogen-bond donors (Lipinski definition) is 0. The van der Waals surface area contributed by atoms with Crippen molar-refractivity contribution in [2.45, 2.75) is 13.5 Å². The number of nitrogens with zero attached hydrogens (tertiary/aromatic N) is 5. The summed E-state index contributed by atoms with van der Waals surface area (Å²) in [5, 5.41) is 11.0. The summed E-state index contributed by atoms with van der Waals surface area (Å²) in [5.41, 5.74) is 1.06. The molecule has 1 saturated heterocycles. The second-order valence-electron chi connectivity index (χ2n) is 4.83. The lowest BCUT2D eigenvalue weighted by Gasteiger charge is -2.34. The molecule has 0 aromatic carbocycles. The average Bonchev–Trinajstić information content (AvgIpc) is 2.89. The van der Waals surface area contributed by atoms with Crippen LogP contribution in [-0.4, -0.2) is 46.3 Å². The molecule has 0 aliphatic carbocycles. The lowest BCUT2D eigenvalue weighted by Crippen LogP contribution is -2.46. The Bertz CT molecular complexity index is 562. The molecule has 106 valence electrons. The number of anilines is 1. The molecule has 2 aromatic heterocycles. The molecule has 3 heterocycles. The lowest BCUT2D eigenvalue weighted by atomic mass is 10.3. The third kappa shape index (κ3) is 3.26. The number of piperazine rings is 1. The zero-order valence-electron chi connectivity index (χ0n) is 11.3. The topological polar surface area (TPSA) is 45.2 Å². The molecular formula is C13H16ClN5S. The van der Waals surface area contributed by atoms with E-state index < -0.39 is 0 Å². The van der Waals surface area contributed by atoms with E-state index in [0.29, 0.717) is 5.02 Å². The van der Waals surface area contributed by atoms with E-state index in [-0.39, 0.29) is 0 Å². The number of aromatic nitrogens is 3. The Morgan fingerprint density at radius 1 is 1.20 bits per heavy atom. The minimum absolute atomic E-state index is 0.685. The van der Waals surface area contributed by atoms with Crippen molar-refractivity contribution >= 4 is 28.1 Å². The first kappa shape index (κ1) is 13.7. The van der Waals surface area contributed by atoms with Gasteiger partial charge in [-0.3, -0.25) is 9.88 Å². The molecule has 0 spiro atoms. The van der Waals surface area contributed by atoms with E-state index in [9.17, 15) is 0 Å². The first-order chi connectivity index (χ1) is 9.70. The molecule has 5 nitrogen and oxygen atoms in total. The maximum absolute atomic E-state index is 5.85. The maximum Gasteiger partial charge on any atom is 0.208 e. The van der Waals surface area contributed by atoms with Gasteiger partial charge in [0.25, 0.3) is 0 Å². The summed E-state index contributed by atoms with van der Waals surface area (Å²) in [7, 11) is 0. The summed E-state index contributed by atoms with van der Waals surface area (Å²) in [6, 6.07) is 3.88. The molecule has 0 radical (unpaired) electrons. The van der Waals surface area contributed by atoms with Crippen LogP contribution < -0.4 is 4.90 Å². The van der Waals surface area contributed by atoms with Crippen LogP contribution in [0.3, 0.4) is 0 Å². The molecule has 1 aliphatic rings. The number of hydrogen-bond acceptors (Lipinski definition) is 6. The van der Waals surface area contributed by atoms with Crippen LogP contribution in [0.25, 0.3) is 0 Å². The molecule has 1 fully saturated rings. The molecule has 0 atom stereocenters. The van der Waals surface area contributed by atoms with Crippen molar-refractivity contribution in [1.29, 1.82) is 0 Å². The monoisotopic (exact) mass is 309 g/mol.